The lowest BCUT2D eigenvalue weighted by molar-refractivity contribution is -0.384. The van der Waals surface area contributed by atoms with Gasteiger partial charge in [0.1, 0.15) is 12.4 Å². The minimum absolute atomic E-state index is 0.0703. The summed E-state index contributed by atoms with van der Waals surface area (Å²) in [5, 5.41) is 13.8. The van der Waals surface area contributed by atoms with Crippen LogP contribution in [0.2, 0.25) is 0 Å². The number of aromatic nitrogens is 1. The smallest absolute Gasteiger partial charge is 0.312 e. The lowest BCUT2D eigenvalue weighted by atomic mass is 10.3. The number of benzene rings is 1. The van der Waals surface area contributed by atoms with Gasteiger partial charge in [0.05, 0.1) is 11.5 Å². The second kappa shape index (κ2) is 6.85. The van der Waals surface area contributed by atoms with Gasteiger partial charge in [-0.1, -0.05) is 18.2 Å². The van der Waals surface area contributed by atoms with Crippen molar-refractivity contribution in [3.05, 3.63) is 57.2 Å². The Morgan fingerprint density at radius 2 is 2.10 bits per heavy atom. The summed E-state index contributed by atoms with van der Waals surface area (Å²) < 4.78 is 6.05. The van der Waals surface area contributed by atoms with Gasteiger partial charge >= 0.3 is 5.69 Å². The molecule has 104 valence electrons. The molecule has 20 heavy (non-hydrogen) atoms. The van der Waals surface area contributed by atoms with E-state index in [4.69, 9.17) is 4.74 Å². The van der Waals surface area contributed by atoms with Crippen molar-refractivity contribution in [1.82, 2.24) is 4.98 Å². The van der Waals surface area contributed by atoms with Gasteiger partial charge in [0.15, 0.2) is 0 Å². The summed E-state index contributed by atoms with van der Waals surface area (Å²) in [5.74, 6) is 0.988. The number of ether oxygens (including phenoxy) is 1. The average Bonchev–Trinajstić information content (AvgIpc) is 2.45. The van der Waals surface area contributed by atoms with Crippen LogP contribution in [0.3, 0.4) is 0 Å². The van der Waals surface area contributed by atoms with Crippen LogP contribution in [0, 0.1) is 10.1 Å². The molecule has 2 rings (SSSR count). The number of nitro groups is 1. The first-order valence-electron chi connectivity index (χ1n) is 5.88. The van der Waals surface area contributed by atoms with Gasteiger partial charge in [-0.3, -0.25) is 10.1 Å². The Morgan fingerprint density at radius 1 is 1.35 bits per heavy atom. The Balaban J connectivity index is 1.90. The van der Waals surface area contributed by atoms with Crippen molar-refractivity contribution >= 4 is 27.4 Å². The normalized spacial score (nSPS) is 10.1. The monoisotopic (exact) mass is 337 g/mol. The summed E-state index contributed by atoms with van der Waals surface area (Å²) in [6.07, 6.45) is 1.51. The van der Waals surface area contributed by atoms with Crippen LogP contribution >= 0.6 is 15.9 Å². The molecule has 0 aliphatic rings. The van der Waals surface area contributed by atoms with E-state index in [2.05, 4.69) is 26.2 Å². The van der Waals surface area contributed by atoms with Crippen molar-refractivity contribution in [2.45, 2.75) is 0 Å². The molecule has 0 spiro atoms. The highest BCUT2D eigenvalue weighted by atomic mass is 79.9. The van der Waals surface area contributed by atoms with Gasteiger partial charge in [0, 0.05) is 16.7 Å². The maximum Gasteiger partial charge on any atom is 0.312 e. The fraction of sp³-hybridized carbons (Fsp3) is 0.154. The average molecular weight is 338 g/mol. The molecule has 1 N–H and O–H groups in total. The number of nitrogens with one attached hydrogen (secondary N) is 1. The first kappa shape index (κ1) is 14.3. The van der Waals surface area contributed by atoms with E-state index >= 15 is 0 Å². The van der Waals surface area contributed by atoms with Gasteiger partial charge in [-0.2, -0.15) is 0 Å². The Kier molecular flexibility index (Phi) is 4.89. The lowest BCUT2D eigenvalue weighted by Crippen LogP contribution is -2.13. The van der Waals surface area contributed by atoms with E-state index in [1.54, 1.807) is 0 Å². The van der Waals surface area contributed by atoms with E-state index in [-0.39, 0.29) is 11.5 Å². The number of para-hydroxylation sites is 1. The summed E-state index contributed by atoms with van der Waals surface area (Å²) in [5.41, 5.74) is -0.0703. The Hall–Kier alpha value is -2.15. The van der Waals surface area contributed by atoms with E-state index in [0.29, 0.717) is 17.6 Å². The molecule has 0 unspecified atom stereocenters. The summed E-state index contributed by atoms with van der Waals surface area (Å²) in [6.45, 7) is 0.809. The van der Waals surface area contributed by atoms with Crippen LogP contribution in [-0.4, -0.2) is 23.1 Å². The second-order valence-electron chi connectivity index (χ2n) is 3.87. The predicted molar refractivity (Wildman–Crippen MR) is 79.0 cm³/mol. The van der Waals surface area contributed by atoms with Crippen LogP contribution in [0.25, 0.3) is 0 Å². The molecular formula is C13H12BrN3O3. The third-order valence-electron chi connectivity index (χ3n) is 2.44. The van der Waals surface area contributed by atoms with E-state index in [1.165, 1.54) is 12.3 Å². The number of hydrogen-bond acceptors (Lipinski definition) is 5. The first-order chi connectivity index (χ1) is 9.66. The molecule has 0 aliphatic heterocycles. The Labute approximate surface area is 124 Å². The maximum atomic E-state index is 10.9. The van der Waals surface area contributed by atoms with E-state index in [0.717, 1.165) is 5.75 Å². The molecule has 2 aromatic rings. The van der Waals surface area contributed by atoms with Gasteiger partial charge in [-0.15, -0.1) is 0 Å². The van der Waals surface area contributed by atoms with Crippen molar-refractivity contribution in [3.8, 4) is 5.75 Å². The zero-order valence-corrected chi connectivity index (χ0v) is 12.0. The fourth-order valence-corrected chi connectivity index (χ4v) is 1.88. The number of anilines is 1. The standard InChI is InChI=1S/C13H12BrN3O3/c14-10-8-12(17(18)19)13(16-9-10)15-6-7-20-11-4-2-1-3-5-11/h1-5,8-9H,6-7H2,(H,15,16). The molecule has 1 aromatic carbocycles. The van der Waals surface area contributed by atoms with Gasteiger partial charge in [-0.05, 0) is 28.1 Å². The molecule has 1 aromatic heterocycles. The SMILES string of the molecule is O=[N+]([O-])c1cc(Br)cnc1NCCOc1ccccc1. The molecule has 0 atom stereocenters. The van der Waals surface area contributed by atoms with Crippen molar-refractivity contribution in [2.75, 3.05) is 18.5 Å². The molecule has 0 aliphatic carbocycles. The van der Waals surface area contributed by atoms with Crippen LogP contribution in [-0.2, 0) is 0 Å². The van der Waals surface area contributed by atoms with E-state index in [9.17, 15) is 10.1 Å². The largest absolute Gasteiger partial charge is 0.492 e. The highest BCUT2D eigenvalue weighted by Gasteiger charge is 2.15. The molecule has 0 fully saturated rings. The van der Waals surface area contributed by atoms with Gasteiger partial charge < -0.3 is 10.1 Å². The molecule has 0 radical (unpaired) electrons. The highest BCUT2D eigenvalue weighted by molar-refractivity contribution is 9.10. The summed E-state index contributed by atoms with van der Waals surface area (Å²) in [7, 11) is 0. The maximum absolute atomic E-state index is 10.9. The summed E-state index contributed by atoms with van der Waals surface area (Å²) in [6, 6.07) is 10.8. The minimum atomic E-state index is -0.474. The zero-order chi connectivity index (χ0) is 14.4. The molecule has 7 heteroatoms. The van der Waals surface area contributed by atoms with Crippen molar-refractivity contribution < 1.29 is 9.66 Å². The van der Waals surface area contributed by atoms with Crippen LogP contribution in [0.1, 0.15) is 0 Å². The lowest BCUT2D eigenvalue weighted by Gasteiger charge is -2.08. The fourth-order valence-electron chi connectivity index (χ4n) is 1.56. The third-order valence-corrected chi connectivity index (χ3v) is 2.87. The van der Waals surface area contributed by atoms with Gasteiger partial charge in [-0.25, -0.2) is 4.98 Å². The Morgan fingerprint density at radius 3 is 2.80 bits per heavy atom. The topological polar surface area (TPSA) is 77.3 Å². The van der Waals surface area contributed by atoms with E-state index < -0.39 is 4.92 Å². The minimum Gasteiger partial charge on any atom is -0.492 e. The molecule has 0 saturated carbocycles. The van der Waals surface area contributed by atoms with Gasteiger partial charge in [0.2, 0.25) is 5.82 Å². The molecule has 6 nitrogen and oxygen atoms in total. The van der Waals surface area contributed by atoms with Gasteiger partial charge in [0.25, 0.3) is 0 Å². The predicted octanol–water partition coefficient (Wildman–Crippen LogP) is 3.24. The van der Waals surface area contributed by atoms with Crippen molar-refractivity contribution in [1.29, 1.82) is 0 Å². The van der Waals surface area contributed by atoms with Crippen LogP contribution in [0.5, 0.6) is 5.75 Å². The van der Waals surface area contributed by atoms with Crippen LogP contribution in [0.4, 0.5) is 11.5 Å². The molecular weight excluding hydrogens is 326 g/mol. The molecule has 0 amide bonds. The summed E-state index contributed by atoms with van der Waals surface area (Å²) in [4.78, 5) is 14.4. The van der Waals surface area contributed by atoms with Crippen LogP contribution in [0.15, 0.2) is 47.1 Å². The molecule has 0 saturated heterocycles. The number of halogens is 1. The quantitative estimate of drug-likeness (QED) is 0.497. The molecule has 1 heterocycles. The number of nitrogens with zero attached hydrogens (tertiary/aromatic N) is 2. The summed E-state index contributed by atoms with van der Waals surface area (Å²) >= 11 is 3.16. The van der Waals surface area contributed by atoms with Crippen molar-refractivity contribution in [3.63, 3.8) is 0 Å². The second-order valence-corrected chi connectivity index (χ2v) is 4.78. The Bertz CT molecular complexity index is 593. The zero-order valence-electron chi connectivity index (χ0n) is 10.5. The number of hydrogen-bond donors (Lipinski definition) is 1. The van der Waals surface area contributed by atoms with Crippen molar-refractivity contribution in [2.24, 2.45) is 0 Å². The third kappa shape index (κ3) is 3.92. The highest BCUT2D eigenvalue weighted by Crippen LogP contribution is 2.24. The number of rotatable bonds is 6. The first-order valence-corrected chi connectivity index (χ1v) is 6.68. The van der Waals surface area contributed by atoms with E-state index in [1.807, 2.05) is 30.3 Å². The van der Waals surface area contributed by atoms with Crippen LogP contribution < -0.4 is 10.1 Å². The molecule has 0 bridgehead atoms. The number of pyridine rings is 1.